The molecule has 1 aliphatic rings. The maximum Gasteiger partial charge on any atom is 0.274 e. The van der Waals surface area contributed by atoms with E-state index in [-0.39, 0.29) is 17.9 Å². The number of nitrogens with one attached hydrogen (secondary N) is 2. The van der Waals surface area contributed by atoms with Crippen molar-refractivity contribution in [1.82, 2.24) is 30.2 Å². The van der Waals surface area contributed by atoms with Crippen molar-refractivity contribution < 1.29 is 9.18 Å². The van der Waals surface area contributed by atoms with Crippen LogP contribution < -0.4 is 10.6 Å². The zero-order chi connectivity index (χ0) is 22.8. The number of allylic oxidation sites excluding steroid dienone is 1. The average Bonchev–Trinajstić information content (AvgIpc) is 3.37. The van der Waals surface area contributed by atoms with Crippen molar-refractivity contribution in [1.29, 1.82) is 0 Å². The van der Waals surface area contributed by atoms with Gasteiger partial charge in [-0.05, 0) is 44.7 Å². The molecule has 3 aromatic heterocycles. The lowest BCUT2D eigenvalue weighted by atomic mass is 10.1. The Kier molecular flexibility index (Phi) is 6.31. The van der Waals surface area contributed by atoms with Crippen molar-refractivity contribution in [2.24, 2.45) is 5.92 Å². The number of pyridine rings is 1. The number of carbonyl (C=O) groups is 1. The van der Waals surface area contributed by atoms with Gasteiger partial charge >= 0.3 is 0 Å². The molecule has 2 unspecified atom stereocenters. The van der Waals surface area contributed by atoms with Gasteiger partial charge in [-0.3, -0.25) is 9.78 Å². The quantitative estimate of drug-likeness (QED) is 0.561. The molecule has 32 heavy (non-hydrogen) atoms. The van der Waals surface area contributed by atoms with E-state index < -0.39 is 5.82 Å². The van der Waals surface area contributed by atoms with Crippen LogP contribution in [0.15, 0.2) is 30.7 Å². The van der Waals surface area contributed by atoms with Crippen molar-refractivity contribution >= 4 is 33.5 Å². The van der Waals surface area contributed by atoms with E-state index in [0.717, 1.165) is 29.9 Å². The summed E-state index contributed by atoms with van der Waals surface area (Å²) in [6, 6.07) is 1.11. The smallest absolute Gasteiger partial charge is 0.274 e. The lowest BCUT2D eigenvalue weighted by molar-refractivity contribution is 0.0784. The molecule has 0 bridgehead atoms. The molecule has 1 saturated heterocycles. The first-order valence-electron chi connectivity index (χ1n) is 10.5. The molecule has 168 valence electrons. The fourth-order valence-corrected chi connectivity index (χ4v) is 4.57. The van der Waals surface area contributed by atoms with Gasteiger partial charge in [0, 0.05) is 31.5 Å². The normalized spacial score (nSPS) is 16.9. The summed E-state index contributed by atoms with van der Waals surface area (Å²) >= 11 is 1.41. The summed E-state index contributed by atoms with van der Waals surface area (Å²) in [5, 5.41) is 7.23. The summed E-state index contributed by atoms with van der Waals surface area (Å²) in [4.78, 5) is 32.6. The first kappa shape index (κ1) is 22.1. The highest BCUT2D eigenvalue weighted by molar-refractivity contribution is 7.18. The van der Waals surface area contributed by atoms with E-state index in [1.807, 2.05) is 25.7 Å². The number of hydrogen-bond donors (Lipinski definition) is 2. The van der Waals surface area contributed by atoms with Crippen LogP contribution in [0.3, 0.4) is 0 Å². The topological polar surface area (TPSA) is 95.9 Å². The summed E-state index contributed by atoms with van der Waals surface area (Å²) in [5.74, 6) is 0.113. The molecule has 0 saturated carbocycles. The van der Waals surface area contributed by atoms with Gasteiger partial charge in [0.25, 0.3) is 5.91 Å². The fraction of sp³-hybridized carbons (Fsp3) is 0.409. The van der Waals surface area contributed by atoms with Crippen molar-refractivity contribution in [2.75, 3.05) is 25.0 Å². The third-order valence-electron chi connectivity index (χ3n) is 5.40. The van der Waals surface area contributed by atoms with E-state index >= 15 is 0 Å². The molecule has 4 heterocycles. The first-order valence-corrected chi connectivity index (χ1v) is 11.3. The maximum absolute atomic E-state index is 13.6. The van der Waals surface area contributed by atoms with E-state index in [2.05, 4.69) is 37.1 Å². The summed E-state index contributed by atoms with van der Waals surface area (Å²) in [7, 11) is 0. The Balaban J connectivity index is 1.58. The monoisotopic (exact) mass is 455 g/mol. The zero-order valence-electron chi connectivity index (χ0n) is 18.4. The number of carbonyl (C=O) groups excluding carboxylic acids is 1. The zero-order valence-corrected chi connectivity index (χ0v) is 19.2. The predicted octanol–water partition coefficient (Wildman–Crippen LogP) is 3.69. The highest BCUT2D eigenvalue weighted by atomic mass is 32.1. The van der Waals surface area contributed by atoms with E-state index in [0.29, 0.717) is 40.6 Å². The summed E-state index contributed by atoms with van der Waals surface area (Å²) in [6.45, 7) is 11.7. The summed E-state index contributed by atoms with van der Waals surface area (Å²) in [6.07, 6.45) is 3.67. The number of fused-ring (bicyclic) bond motifs is 1. The Morgan fingerprint density at radius 3 is 2.94 bits per heavy atom. The molecule has 10 heteroatoms. The van der Waals surface area contributed by atoms with Crippen LogP contribution in [0.1, 0.15) is 47.4 Å². The summed E-state index contributed by atoms with van der Waals surface area (Å²) < 4.78 is 14.2. The van der Waals surface area contributed by atoms with Gasteiger partial charge in [-0.15, -0.1) is 11.3 Å². The van der Waals surface area contributed by atoms with Gasteiger partial charge in [0.05, 0.1) is 17.2 Å². The molecule has 8 nitrogen and oxygen atoms in total. The third kappa shape index (κ3) is 4.85. The maximum atomic E-state index is 13.6. The number of amides is 1. The molecule has 4 rings (SSSR count). The minimum atomic E-state index is -0.414. The third-order valence-corrected chi connectivity index (χ3v) is 6.37. The Hall–Kier alpha value is -3.14. The van der Waals surface area contributed by atoms with E-state index in [9.17, 15) is 9.18 Å². The van der Waals surface area contributed by atoms with Crippen LogP contribution in [0.4, 0.5) is 10.3 Å². The first-order chi connectivity index (χ1) is 15.3. The molecule has 1 aliphatic heterocycles. The SMILES string of the molecule is C=C(C)NCC1CCN(C(=O)c2nc(NC(C)c3cncc(F)c3)nc3nc(C)sc23)C1. The molecule has 2 N–H and O–H groups in total. The van der Waals surface area contributed by atoms with Gasteiger partial charge < -0.3 is 15.5 Å². The number of thiazole rings is 1. The minimum absolute atomic E-state index is 0.123. The molecule has 2 atom stereocenters. The van der Waals surface area contributed by atoms with Gasteiger partial charge in [0.2, 0.25) is 5.95 Å². The van der Waals surface area contributed by atoms with Crippen LogP contribution in [0, 0.1) is 18.7 Å². The van der Waals surface area contributed by atoms with Crippen LogP contribution in [0.5, 0.6) is 0 Å². The highest BCUT2D eigenvalue weighted by Crippen LogP contribution is 2.28. The average molecular weight is 456 g/mol. The van der Waals surface area contributed by atoms with E-state index in [4.69, 9.17) is 0 Å². The second kappa shape index (κ2) is 9.15. The fourth-order valence-electron chi connectivity index (χ4n) is 3.73. The number of rotatable bonds is 7. The van der Waals surface area contributed by atoms with Crippen molar-refractivity contribution in [3.8, 4) is 0 Å². The number of likely N-dealkylation sites (tertiary alicyclic amines) is 1. The number of hydrogen-bond acceptors (Lipinski definition) is 8. The van der Waals surface area contributed by atoms with Gasteiger partial charge in [-0.2, -0.15) is 4.98 Å². The van der Waals surface area contributed by atoms with Crippen LogP contribution >= 0.6 is 11.3 Å². The Labute approximate surface area is 190 Å². The number of aromatic nitrogens is 4. The molecule has 1 amide bonds. The molecule has 3 aromatic rings. The number of nitrogens with zero attached hydrogens (tertiary/aromatic N) is 5. The van der Waals surface area contributed by atoms with Crippen LogP contribution in [0.25, 0.3) is 10.3 Å². The molecular weight excluding hydrogens is 429 g/mol. The van der Waals surface area contributed by atoms with Crippen LogP contribution in [-0.2, 0) is 0 Å². The van der Waals surface area contributed by atoms with Gasteiger partial charge in [0.15, 0.2) is 11.3 Å². The second-order valence-corrected chi connectivity index (χ2v) is 9.35. The number of anilines is 1. The largest absolute Gasteiger partial charge is 0.389 e. The van der Waals surface area contributed by atoms with Crippen LogP contribution in [-0.4, -0.2) is 50.4 Å². The standard InChI is InChI=1S/C22H26FN7OS/c1-12(2)25-8-15-5-6-30(11-15)21(31)18-19-20(27-14(4)32-19)29-22(28-18)26-13(3)16-7-17(23)10-24-9-16/h7,9-10,13,15,25H,1,5-6,8,11H2,2-4H3,(H,26,28,29). The Morgan fingerprint density at radius 1 is 1.38 bits per heavy atom. The van der Waals surface area contributed by atoms with E-state index in [1.54, 1.807) is 6.20 Å². The number of aryl methyl sites for hydroxylation is 1. The Morgan fingerprint density at radius 2 is 2.19 bits per heavy atom. The predicted molar refractivity (Wildman–Crippen MR) is 123 cm³/mol. The molecular formula is C22H26FN7OS. The molecule has 0 radical (unpaired) electrons. The Bertz CT molecular complexity index is 1160. The minimum Gasteiger partial charge on any atom is -0.389 e. The molecule has 0 aliphatic carbocycles. The summed E-state index contributed by atoms with van der Waals surface area (Å²) in [5.41, 5.74) is 2.41. The van der Waals surface area contributed by atoms with Crippen molar-refractivity contribution in [2.45, 2.75) is 33.2 Å². The lowest BCUT2D eigenvalue weighted by Gasteiger charge is -2.18. The van der Waals surface area contributed by atoms with Gasteiger partial charge in [0.1, 0.15) is 10.5 Å². The second-order valence-electron chi connectivity index (χ2n) is 8.15. The molecule has 1 fully saturated rings. The van der Waals surface area contributed by atoms with Crippen molar-refractivity contribution in [3.63, 3.8) is 0 Å². The van der Waals surface area contributed by atoms with Crippen LogP contribution in [0.2, 0.25) is 0 Å². The van der Waals surface area contributed by atoms with Gasteiger partial charge in [-0.1, -0.05) is 6.58 Å². The lowest BCUT2D eigenvalue weighted by Crippen LogP contribution is -2.31. The van der Waals surface area contributed by atoms with E-state index in [1.165, 1.54) is 17.4 Å². The molecule has 0 aromatic carbocycles. The highest BCUT2D eigenvalue weighted by Gasteiger charge is 2.30. The van der Waals surface area contributed by atoms with Crippen molar-refractivity contribution in [3.05, 3.63) is 52.8 Å². The molecule has 0 spiro atoms. The number of halogens is 1. The van der Waals surface area contributed by atoms with Gasteiger partial charge in [-0.25, -0.2) is 14.4 Å².